The lowest BCUT2D eigenvalue weighted by atomic mass is 10.1. The lowest BCUT2D eigenvalue weighted by Crippen LogP contribution is -2.48. The summed E-state index contributed by atoms with van der Waals surface area (Å²) in [6, 6.07) is 8.73. The van der Waals surface area contributed by atoms with Crippen molar-refractivity contribution in [1.82, 2.24) is 10.2 Å². The van der Waals surface area contributed by atoms with E-state index in [1.807, 2.05) is 13.8 Å². The minimum Gasteiger partial charge on any atom is -0.354 e. The van der Waals surface area contributed by atoms with Gasteiger partial charge < -0.3 is 10.2 Å². The molecule has 0 unspecified atom stereocenters. The van der Waals surface area contributed by atoms with Crippen molar-refractivity contribution in [3.05, 3.63) is 62.1 Å². The van der Waals surface area contributed by atoms with E-state index in [0.717, 1.165) is 10.6 Å². The Balaban J connectivity index is 2.25. The van der Waals surface area contributed by atoms with Crippen molar-refractivity contribution in [1.29, 1.82) is 0 Å². The molecule has 0 aliphatic heterocycles. The van der Waals surface area contributed by atoms with Crippen LogP contribution in [0.2, 0.25) is 20.1 Å². The molecule has 2 aromatic carbocycles. The highest BCUT2D eigenvalue weighted by Crippen LogP contribution is 2.31. The van der Waals surface area contributed by atoms with Crippen LogP contribution in [0.1, 0.15) is 39.2 Å². The molecule has 0 heterocycles. The number of sulfonamides is 1. The largest absolute Gasteiger partial charge is 0.354 e. The van der Waals surface area contributed by atoms with Gasteiger partial charge in [0.2, 0.25) is 21.8 Å². The first-order valence-electron chi connectivity index (χ1n) is 11.6. The van der Waals surface area contributed by atoms with E-state index in [2.05, 4.69) is 5.32 Å². The summed E-state index contributed by atoms with van der Waals surface area (Å²) in [5.74, 6) is -0.430. The van der Waals surface area contributed by atoms with Crippen LogP contribution < -0.4 is 9.62 Å². The Morgan fingerprint density at radius 2 is 1.59 bits per heavy atom. The fourth-order valence-electron chi connectivity index (χ4n) is 3.55. The molecule has 0 spiro atoms. The molecule has 37 heavy (non-hydrogen) atoms. The third-order valence-corrected chi connectivity index (χ3v) is 8.01. The van der Waals surface area contributed by atoms with Crippen molar-refractivity contribution in [3.63, 3.8) is 0 Å². The maximum Gasteiger partial charge on any atom is 0.242 e. The number of anilines is 1. The topological polar surface area (TPSA) is 86.8 Å². The van der Waals surface area contributed by atoms with Gasteiger partial charge in [-0.05, 0) is 49.6 Å². The van der Waals surface area contributed by atoms with Crippen LogP contribution >= 0.6 is 46.4 Å². The summed E-state index contributed by atoms with van der Waals surface area (Å²) in [6.07, 6.45) is 1.19. The first kappa shape index (κ1) is 31.5. The number of carbonyl (C=O) groups excluding carboxylic acids is 2. The van der Waals surface area contributed by atoms with Crippen LogP contribution in [-0.4, -0.2) is 50.5 Å². The van der Waals surface area contributed by atoms with E-state index in [4.69, 9.17) is 46.4 Å². The van der Waals surface area contributed by atoms with E-state index in [1.54, 1.807) is 31.2 Å². The monoisotopic (exact) mass is 609 g/mol. The molecule has 2 amide bonds. The van der Waals surface area contributed by atoms with Gasteiger partial charge in [-0.3, -0.25) is 13.9 Å². The number of nitrogens with zero attached hydrogens (tertiary/aromatic N) is 2. The normalized spacial score (nSPS) is 12.4. The van der Waals surface area contributed by atoms with Gasteiger partial charge in [0.1, 0.15) is 6.04 Å². The number of amides is 2. The Morgan fingerprint density at radius 1 is 0.973 bits per heavy atom. The summed E-state index contributed by atoms with van der Waals surface area (Å²) in [6.45, 7) is 6.03. The molecule has 12 heteroatoms. The molecular formula is C25H31Cl4N3O4S. The molecule has 0 aliphatic carbocycles. The molecule has 0 radical (unpaired) electrons. The van der Waals surface area contributed by atoms with E-state index in [1.165, 1.54) is 17.0 Å². The second-order valence-electron chi connectivity index (χ2n) is 9.07. The van der Waals surface area contributed by atoms with Gasteiger partial charge >= 0.3 is 0 Å². The average molecular weight is 611 g/mol. The van der Waals surface area contributed by atoms with Crippen LogP contribution in [-0.2, 0) is 26.2 Å². The van der Waals surface area contributed by atoms with Gasteiger partial charge in [0.15, 0.2) is 0 Å². The van der Waals surface area contributed by atoms with Crippen molar-refractivity contribution in [2.45, 2.75) is 46.2 Å². The maximum absolute atomic E-state index is 13.4. The summed E-state index contributed by atoms with van der Waals surface area (Å²) < 4.78 is 26.1. The van der Waals surface area contributed by atoms with Crippen LogP contribution in [0.3, 0.4) is 0 Å². The van der Waals surface area contributed by atoms with E-state index in [-0.39, 0.29) is 54.4 Å². The highest BCUT2D eigenvalue weighted by atomic mass is 35.5. The number of carbonyl (C=O) groups is 2. The lowest BCUT2D eigenvalue weighted by molar-refractivity contribution is -0.140. The zero-order valence-corrected chi connectivity index (χ0v) is 24.9. The molecule has 0 saturated carbocycles. The van der Waals surface area contributed by atoms with Gasteiger partial charge in [-0.1, -0.05) is 66.3 Å². The van der Waals surface area contributed by atoms with Crippen molar-refractivity contribution in [2.75, 3.05) is 23.7 Å². The van der Waals surface area contributed by atoms with Crippen LogP contribution in [0, 0.1) is 5.92 Å². The van der Waals surface area contributed by atoms with E-state index in [0.29, 0.717) is 27.2 Å². The van der Waals surface area contributed by atoms with E-state index in [9.17, 15) is 18.0 Å². The summed E-state index contributed by atoms with van der Waals surface area (Å²) in [5.41, 5.74) is 0.747. The zero-order chi connectivity index (χ0) is 27.9. The molecule has 1 atom stereocenters. The lowest BCUT2D eigenvalue weighted by Gasteiger charge is -2.30. The van der Waals surface area contributed by atoms with Crippen LogP contribution in [0.4, 0.5) is 5.69 Å². The number of benzene rings is 2. The predicted octanol–water partition coefficient (Wildman–Crippen LogP) is 6.04. The van der Waals surface area contributed by atoms with Crippen LogP contribution in [0.25, 0.3) is 0 Å². The number of rotatable bonds is 12. The van der Waals surface area contributed by atoms with Gasteiger partial charge in [0.05, 0.1) is 17.0 Å². The molecule has 0 saturated heterocycles. The highest BCUT2D eigenvalue weighted by molar-refractivity contribution is 7.92. The Bertz CT molecular complexity index is 1200. The summed E-state index contributed by atoms with van der Waals surface area (Å²) in [7, 11) is -3.71. The fraction of sp³-hybridized carbons (Fsp3) is 0.440. The second kappa shape index (κ2) is 13.9. The molecule has 7 nitrogen and oxygen atoms in total. The van der Waals surface area contributed by atoms with Gasteiger partial charge in [0.25, 0.3) is 0 Å². The van der Waals surface area contributed by atoms with Gasteiger partial charge in [-0.25, -0.2) is 8.42 Å². The molecule has 1 N–H and O–H groups in total. The Hall–Kier alpha value is -1.71. The first-order chi connectivity index (χ1) is 17.2. The Kier molecular flexibility index (Phi) is 11.8. The van der Waals surface area contributed by atoms with E-state index >= 15 is 0 Å². The van der Waals surface area contributed by atoms with Gasteiger partial charge in [0, 0.05) is 46.7 Å². The molecule has 2 aromatic rings. The van der Waals surface area contributed by atoms with Crippen LogP contribution in [0.5, 0.6) is 0 Å². The minimum atomic E-state index is -3.71. The number of hydrogen-bond acceptors (Lipinski definition) is 4. The molecule has 0 fully saturated rings. The van der Waals surface area contributed by atoms with Gasteiger partial charge in [-0.2, -0.15) is 0 Å². The Labute approximate surface area is 239 Å². The summed E-state index contributed by atoms with van der Waals surface area (Å²) in [4.78, 5) is 27.6. The quantitative estimate of drug-likeness (QED) is 0.318. The van der Waals surface area contributed by atoms with Crippen molar-refractivity contribution in [3.8, 4) is 0 Å². The van der Waals surface area contributed by atoms with E-state index < -0.39 is 16.1 Å². The second-order valence-corrected chi connectivity index (χ2v) is 12.6. The predicted molar refractivity (Wildman–Crippen MR) is 152 cm³/mol. The highest BCUT2D eigenvalue weighted by Gasteiger charge is 2.28. The number of halogens is 4. The summed E-state index contributed by atoms with van der Waals surface area (Å²) in [5, 5.41) is 4.14. The molecule has 0 bridgehead atoms. The van der Waals surface area contributed by atoms with Crippen molar-refractivity contribution < 1.29 is 18.0 Å². The molecular weight excluding hydrogens is 580 g/mol. The standard InChI is InChI=1S/C25H31Cl4N3O4S/c1-16(2)14-30-25(34)17(3)31(15-19-20(27)7-5-8-21(19)28)24(33)9-6-12-32(37(4,35)36)23-13-18(26)10-11-22(23)29/h5,7-8,10-11,13,16-17H,6,9,12,14-15H2,1-4H3,(H,30,34)/t17-/m0/s1. The number of nitrogens with one attached hydrogen (secondary N) is 1. The molecule has 0 aromatic heterocycles. The minimum absolute atomic E-state index is 0.0146. The third kappa shape index (κ3) is 9.21. The van der Waals surface area contributed by atoms with Gasteiger partial charge in [-0.15, -0.1) is 0 Å². The molecule has 0 aliphatic rings. The third-order valence-electron chi connectivity index (χ3n) is 5.57. The fourth-order valence-corrected chi connectivity index (χ4v) is 5.47. The maximum atomic E-state index is 13.4. The molecule has 2 rings (SSSR count). The smallest absolute Gasteiger partial charge is 0.242 e. The number of hydrogen-bond donors (Lipinski definition) is 1. The van der Waals surface area contributed by atoms with Crippen molar-refractivity contribution >= 4 is 73.9 Å². The summed E-state index contributed by atoms with van der Waals surface area (Å²) >= 11 is 25.0. The van der Waals surface area contributed by atoms with Crippen molar-refractivity contribution in [2.24, 2.45) is 5.92 Å². The Morgan fingerprint density at radius 3 is 2.16 bits per heavy atom. The average Bonchev–Trinajstić information content (AvgIpc) is 2.80. The SMILES string of the molecule is CC(C)CNC(=O)[C@H](C)N(Cc1c(Cl)cccc1Cl)C(=O)CCCN(c1cc(Cl)ccc1Cl)S(C)(=O)=O. The van der Waals surface area contributed by atoms with Crippen LogP contribution in [0.15, 0.2) is 36.4 Å². The first-order valence-corrected chi connectivity index (χ1v) is 15.0. The zero-order valence-electron chi connectivity index (χ0n) is 21.1. The molecule has 204 valence electrons.